The molecule has 2 rings (SSSR count). The Hall–Kier alpha value is -0.990. The lowest BCUT2D eigenvalue weighted by molar-refractivity contribution is 0.414. The number of ether oxygens (including phenoxy) is 1. The van der Waals surface area contributed by atoms with Crippen LogP contribution in [0.2, 0.25) is 0 Å². The molecular weight excluding hydrogens is 276 g/mol. The number of hydrogen-bond acceptors (Lipinski definition) is 2. The first-order valence-electron chi connectivity index (χ1n) is 6.57. The molecule has 1 heterocycles. The Labute approximate surface area is 124 Å². The van der Waals surface area contributed by atoms with Gasteiger partial charge in [0.1, 0.15) is 5.75 Å². The lowest BCUT2D eigenvalue weighted by atomic mass is 10.1. The summed E-state index contributed by atoms with van der Waals surface area (Å²) in [5, 5.41) is 2.35. The first kappa shape index (κ1) is 14.4. The summed E-state index contributed by atoms with van der Waals surface area (Å²) in [5.41, 5.74) is 1.27. The molecule has 0 spiro atoms. The third kappa shape index (κ3) is 4.88. The van der Waals surface area contributed by atoms with Crippen LogP contribution in [0.5, 0.6) is 5.75 Å². The lowest BCUT2D eigenvalue weighted by Gasteiger charge is -2.09. The van der Waals surface area contributed by atoms with Crippen LogP contribution in [0.25, 0.3) is 0 Å². The maximum absolute atomic E-state index is 6.40. The van der Waals surface area contributed by atoms with Crippen molar-refractivity contribution in [3.63, 3.8) is 0 Å². The Morgan fingerprint density at radius 3 is 2.63 bits per heavy atom. The van der Waals surface area contributed by atoms with Gasteiger partial charge in [-0.2, -0.15) is 0 Å². The van der Waals surface area contributed by atoms with Crippen molar-refractivity contribution in [3.05, 3.63) is 52.2 Å². The van der Waals surface area contributed by atoms with Crippen LogP contribution in [0.1, 0.15) is 23.3 Å². The highest BCUT2D eigenvalue weighted by Crippen LogP contribution is 2.19. The second-order valence-corrected chi connectivity index (χ2v) is 6.27. The van der Waals surface area contributed by atoms with Gasteiger partial charge in [-0.15, -0.1) is 22.9 Å². The number of hydrogen-bond donors (Lipinski definition) is 0. The molecule has 0 bridgehead atoms. The van der Waals surface area contributed by atoms with Gasteiger partial charge < -0.3 is 4.74 Å². The molecule has 0 fully saturated rings. The summed E-state index contributed by atoms with van der Waals surface area (Å²) >= 11 is 8.23. The minimum Gasteiger partial charge on any atom is -0.497 e. The van der Waals surface area contributed by atoms with Crippen molar-refractivity contribution < 1.29 is 4.74 Å². The van der Waals surface area contributed by atoms with E-state index >= 15 is 0 Å². The van der Waals surface area contributed by atoms with Crippen LogP contribution in [0.15, 0.2) is 41.8 Å². The van der Waals surface area contributed by atoms with Gasteiger partial charge in [-0.05, 0) is 54.8 Å². The Morgan fingerprint density at radius 1 is 1.21 bits per heavy atom. The van der Waals surface area contributed by atoms with E-state index in [4.69, 9.17) is 16.3 Å². The topological polar surface area (TPSA) is 9.23 Å². The average Bonchev–Trinajstić information content (AvgIpc) is 2.93. The smallest absolute Gasteiger partial charge is 0.118 e. The van der Waals surface area contributed by atoms with Gasteiger partial charge in [0.2, 0.25) is 0 Å². The van der Waals surface area contributed by atoms with E-state index < -0.39 is 0 Å². The van der Waals surface area contributed by atoms with Gasteiger partial charge in [-0.1, -0.05) is 18.2 Å². The molecule has 3 heteroatoms. The van der Waals surface area contributed by atoms with Crippen LogP contribution in [0.3, 0.4) is 0 Å². The van der Waals surface area contributed by atoms with Crippen LogP contribution in [-0.4, -0.2) is 12.5 Å². The Kier molecular flexibility index (Phi) is 5.74. The molecule has 102 valence electrons. The van der Waals surface area contributed by atoms with E-state index in [-0.39, 0.29) is 5.38 Å². The van der Waals surface area contributed by atoms with E-state index in [1.54, 1.807) is 7.11 Å². The van der Waals surface area contributed by atoms with Crippen LogP contribution in [-0.2, 0) is 12.8 Å². The van der Waals surface area contributed by atoms with E-state index in [0.717, 1.165) is 31.4 Å². The number of rotatable bonds is 7. The van der Waals surface area contributed by atoms with Crippen molar-refractivity contribution in [1.82, 2.24) is 0 Å². The van der Waals surface area contributed by atoms with Gasteiger partial charge in [0.25, 0.3) is 0 Å². The molecule has 0 radical (unpaired) electrons. The molecule has 0 aliphatic rings. The van der Waals surface area contributed by atoms with Crippen molar-refractivity contribution in [3.8, 4) is 5.75 Å². The molecule has 1 aromatic heterocycles. The average molecular weight is 295 g/mol. The van der Waals surface area contributed by atoms with Crippen molar-refractivity contribution >= 4 is 22.9 Å². The van der Waals surface area contributed by atoms with Crippen molar-refractivity contribution in [1.29, 1.82) is 0 Å². The second-order valence-electron chi connectivity index (χ2n) is 4.62. The molecule has 0 saturated carbocycles. The molecule has 1 aromatic carbocycles. The fourth-order valence-corrected chi connectivity index (χ4v) is 3.16. The summed E-state index contributed by atoms with van der Waals surface area (Å²) < 4.78 is 5.15. The third-order valence-electron chi connectivity index (χ3n) is 3.14. The number of benzene rings is 1. The summed E-state index contributed by atoms with van der Waals surface area (Å²) in [7, 11) is 1.68. The zero-order valence-corrected chi connectivity index (χ0v) is 12.7. The van der Waals surface area contributed by atoms with E-state index in [2.05, 4.69) is 29.6 Å². The Balaban J connectivity index is 1.72. The molecule has 19 heavy (non-hydrogen) atoms. The molecule has 0 aliphatic heterocycles. The molecule has 0 amide bonds. The van der Waals surface area contributed by atoms with Gasteiger partial charge in [0.15, 0.2) is 0 Å². The predicted octanol–water partition coefficient (Wildman–Crippen LogP) is 4.93. The van der Waals surface area contributed by atoms with E-state index in [1.165, 1.54) is 10.4 Å². The minimum absolute atomic E-state index is 0.216. The summed E-state index contributed by atoms with van der Waals surface area (Å²) in [6.45, 7) is 0. The van der Waals surface area contributed by atoms with Gasteiger partial charge in [-0.25, -0.2) is 0 Å². The SMILES string of the molecule is COc1ccc(CC(Cl)CCCc2cccs2)cc1. The fourth-order valence-electron chi connectivity index (χ4n) is 2.07. The Bertz CT molecular complexity index is 464. The normalized spacial score (nSPS) is 12.3. The van der Waals surface area contributed by atoms with Gasteiger partial charge >= 0.3 is 0 Å². The van der Waals surface area contributed by atoms with Gasteiger partial charge in [-0.3, -0.25) is 0 Å². The zero-order valence-electron chi connectivity index (χ0n) is 11.1. The summed E-state index contributed by atoms with van der Waals surface area (Å²) in [5.74, 6) is 0.896. The lowest BCUT2D eigenvalue weighted by Crippen LogP contribution is -2.03. The molecular formula is C16H19ClOS. The monoisotopic (exact) mass is 294 g/mol. The number of alkyl halides is 1. The summed E-state index contributed by atoms with van der Waals surface area (Å²) in [6.07, 6.45) is 4.29. The zero-order chi connectivity index (χ0) is 13.5. The maximum atomic E-state index is 6.40. The molecule has 0 saturated heterocycles. The fraction of sp³-hybridized carbons (Fsp3) is 0.375. The maximum Gasteiger partial charge on any atom is 0.118 e. The van der Waals surface area contributed by atoms with E-state index in [9.17, 15) is 0 Å². The molecule has 2 aromatic rings. The van der Waals surface area contributed by atoms with Crippen LogP contribution in [0, 0.1) is 0 Å². The first-order chi connectivity index (χ1) is 9.28. The van der Waals surface area contributed by atoms with Crippen LogP contribution >= 0.6 is 22.9 Å². The van der Waals surface area contributed by atoms with Crippen molar-refractivity contribution in [2.45, 2.75) is 31.1 Å². The number of aryl methyl sites for hydroxylation is 1. The molecule has 1 unspecified atom stereocenters. The minimum atomic E-state index is 0.216. The second kappa shape index (κ2) is 7.56. The summed E-state index contributed by atoms with van der Waals surface area (Å²) in [4.78, 5) is 1.45. The summed E-state index contributed by atoms with van der Waals surface area (Å²) in [6, 6.07) is 12.5. The Morgan fingerprint density at radius 2 is 2.00 bits per heavy atom. The largest absolute Gasteiger partial charge is 0.497 e. The van der Waals surface area contributed by atoms with Crippen LogP contribution < -0.4 is 4.74 Å². The number of thiophene rings is 1. The highest BCUT2D eigenvalue weighted by molar-refractivity contribution is 7.09. The molecule has 1 atom stereocenters. The molecule has 1 nitrogen and oxygen atoms in total. The first-order valence-corrected chi connectivity index (χ1v) is 7.89. The quantitative estimate of drug-likeness (QED) is 0.658. The van der Waals surface area contributed by atoms with Gasteiger partial charge in [0.05, 0.1) is 7.11 Å². The standard InChI is InChI=1S/C16H19ClOS/c1-18-15-9-7-13(8-10-15)12-14(17)4-2-5-16-6-3-11-19-16/h3,6-11,14H,2,4-5,12H2,1H3. The highest BCUT2D eigenvalue weighted by atomic mass is 35.5. The predicted molar refractivity (Wildman–Crippen MR) is 83.6 cm³/mol. The molecule has 0 aliphatic carbocycles. The van der Waals surface area contributed by atoms with Gasteiger partial charge in [0, 0.05) is 10.3 Å². The number of methoxy groups -OCH3 is 1. The molecule has 0 N–H and O–H groups in total. The van der Waals surface area contributed by atoms with Crippen LogP contribution in [0.4, 0.5) is 0 Å². The van der Waals surface area contributed by atoms with Crippen molar-refractivity contribution in [2.24, 2.45) is 0 Å². The van der Waals surface area contributed by atoms with Crippen molar-refractivity contribution in [2.75, 3.05) is 7.11 Å². The number of halogens is 1. The van der Waals surface area contributed by atoms with E-state index in [1.807, 2.05) is 23.5 Å². The van der Waals surface area contributed by atoms with E-state index in [0.29, 0.717) is 0 Å². The third-order valence-corrected chi connectivity index (χ3v) is 4.45. The highest BCUT2D eigenvalue weighted by Gasteiger charge is 2.06.